The van der Waals surface area contributed by atoms with Gasteiger partial charge in [-0.15, -0.1) is 0 Å². The summed E-state index contributed by atoms with van der Waals surface area (Å²) in [5.74, 6) is 0.940. The number of ether oxygens (including phenoxy) is 1. The van der Waals surface area contributed by atoms with Gasteiger partial charge in [0, 0.05) is 18.1 Å². The Morgan fingerprint density at radius 3 is 3.00 bits per heavy atom. The van der Waals surface area contributed by atoms with Crippen molar-refractivity contribution >= 4 is 16.8 Å². The fourth-order valence-corrected chi connectivity index (χ4v) is 3.13. The van der Waals surface area contributed by atoms with Crippen LogP contribution in [0.15, 0.2) is 35.0 Å². The van der Waals surface area contributed by atoms with Crippen molar-refractivity contribution in [3.8, 4) is 0 Å². The maximum absolute atomic E-state index is 13.0. The molecule has 0 spiro atoms. The van der Waals surface area contributed by atoms with Crippen LogP contribution in [0.4, 0.5) is 0 Å². The number of amides is 1. The number of hydrogen-bond donors (Lipinski definition) is 1. The number of benzene rings is 1. The Kier molecular flexibility index (Phi) is 3.57. The van der Waals surface area contributed by atoms with Crippen LogP contribution >= 0.6 is 0 Å². The van der Waals surface area contributed by atoms with E-state index in [1.807, 2.05) is 37.4 Å². The van der Waals surface area contributed by atoms with Gasteiger partial charge in [-0.25, -0.2) is 0 Å². The van der Waals surface area contributed by atoms with Crippen molar-refractivity contribution in [1.29, 1.82) is 0 Å². The zero-order valence-corrected chi connectivity index (χ0v) is 13.5. The largest absolute Gasteiger partial charge is 0.362 e. The van der Waals surface area contributed by atoms with Gasteiger partial charge in [0.1, 0.15) is 0 Å². The summed E-state index contributed by atoms with van der Waals surface area (Å²) in [6.07, 6.45) is 1.33. The van der Waals surface area contributed by atoms with Crippen molar-refractivity contribution in [2.24, 2.45) is 0 Å². The Labute approximate surface area is 138 Å². The summed E-state index contributed by atoms with van der Waals surface area (Å²) in [5, 5.41) is 4.82. The topological polar surface area (TPSA) is 84.2 Å². The molecule has 1 aromatic carbocycles. The number of hydrogen-bond acceptors (Lipinski definition) is 5. The van der Waals surface area contributed by atoms with Crippen LogP contribution in [0, 0.1) is 6.92 Å². The quantitative estimate of drug-likeness (QED) is 0.782. The summed E-state index contributed by atoms with van der Waals surface area (Å²) in [7, 11) is 0. The highest BCUT2D eigenvalue weighted by Gasteiger charge is 2.33. The number of aromatic amines is 1. The first-order chi connectivity index (χ1) is 11.6. The molecular weight excluding hydrogens is 308 g/mol. The van der Waals surface area contributed by atoms with Gasteiger partial charge < -0.3 is 19.1 Å². The van der Waals surface area contributed by atoms with Crippen molar-refractivity contribution in [2.75, 3.05) is 13.1 Å². The van der Waals surface area contributed by atoms with Crippen LogP contribution in [-0.2, 0) is 4.74 Å². The normalized spacial score (nSPS) is 21.3. The lowest BCUT2D eigenvalue weighted by Crippen LogP contribution is -2.46. The number of para-hydroxylation sites is 1. The van der Waals surface area contributed by atoms with Crippen molar-refractivity contribution < 1.29 is 14.1 Å². The van der Waals surface area contributed by atoms with Gasteiger partial charge in [0.05, 0.1) is 23.7 Å². The molecule has 0 unspecified atom stereocenters. The fourth-order valence-electron chi connectivity index (χ4n) is 3.13. The van der Waals surface area contributed by atoms with Crippen LogP contribution in [0.1, 0.15) is 35.1 Å². The molecule has 1 aliphatic heterocycles. The molecular formula is C17H18N4O3. The molecule has 1 fully saturated rings. The van der Waals surface area contributed by atoms with E-state index in [2.05, 4.69) is 15.1 Å². The molecule has 0 aliphatic carbocycles. The Hall–Kier alpha value is -2.67. The number of carbonyl (C=O) groups is 1. The van der Waals surface area contributed by atoms with Gasteiger partial charge >= 0.3 is 0 Å². The van der Waals surface area contributed by atoms with Crippen molar-refractivity contribution in [3.63, 3.8) is 0 Å². The summed E-state index contributed by atoms with van der Waals surface area (Å²) >= 11 is 0. The second-order valence-corrected chi connectivity index (χ2v) is 6.07. The lowest BCUT2D eigenvalue weighted by Gasteiger charge is -2.35. The minimum absolute atomic E-state index is 0.0283. The van der Waals surface area contributed by atoms with Gasteiger partial charge in [-0.2, -0.15) is 4.98 Å². The summed E-state index contributed by atoms with van der Waals surface area (Å²) in [6, 6.07) is 7.67. The zero-order chi connectivity index (χ0) is 16.7. The molecule has 0 saturated carbocycles. The van der Waals surface area contributed by atoms with E-state index in [4.69, 9.17) is 9.26 Å². The minimum Gasteiger partial charge on any atom is -0.362 e. The first kappa shape index (κ1) is 14.9. The van der Waals surface area contributed by atoms with Crippen LogP contribution in [0.3, 0.4) is 0 Å². The maximum atomic E-state index is 13.0. The molecule has 3 heterocycles. The fraction of sp³-hybridized carbons (Fsp3) is 0.353. The van der Waals surface area contributed by atoms with Crippen LogP contribution in [-0.4, -0.2) is 45.1 Å². The molecule has 1 N–H and O–H groups in total. The third-order valence-corrected chi connectivity index (χ3v) is 4.18. The summed E-state index contributed by atoms with van der Waals surface area (Å²) < 4.78 is 11.1. The van der Waals surface area contributed by atoms with E-state index in [-0.39, 0.29) is 12.0 Å². The standard InChI is InChI=1S/C17H18N4O3/c1-10-8-21(9-14(23-10)16-19-11(2)20-24-16)17(22)13-5-3-4-12-6-7-18-15(12)13/h3-7,10,14,18H,8-9H2,1-2H3/t10-,14-/m1/s1. The molecule has 3 aromatic rings. The Balaban J connectivity index is 1.63. The highest BCUT2D eigenvalue weighted by atomic mass is 16.5. The third kappa shape index (κ3) is 2.56. The van der Waals surface area contributed by atoms with Crippen molar-refractivity contribution in [3.05, 3.63) is 47.7 Å². The first-order valence-corrected chi connectivity index (χ1v) is 7.93. The molecule has 1 amide bonds. The van der Waals surface area contributed by atoms with E-state index in [1.54, 1.807) is 11.8 Å². The second-order valence-electron chi connectivity index (χ2n) is 6.07. The van der Waals surface area contributed by atoms with E-state index in [0.29, 0.717) is 30.4 Å². The van der Waals surface area contributed by atoms with Crippen LogP contribution < -0.4 is 0 Å². The predicted molar refractivity (Wildman–Crippen MR) is 86.5 cm³/mol. The van der Waals surface area contributed by atoms with Gasteiger partial charge in [0.25, 0.3) is 11.8 Å². The molecule has 7 nitrogen and oxygen atoms in total. The SMILES string of the molecule is Cc1noc([C@H]2CN(C(=O)c3cccc4cc[nH]c34)C[C@@H](C)O2)n1. The molecule has 2 aromatic heterocycles. The number of aryl methyl sites for hydroxylation is 1. The van der Waals surface area contributed by atoms with Gasteiger partial charge in [-0.1, -0.05) is 17.3 Å². The van der Waals surface area contributed by atoms with Crippen molar-refractivity contribution in [1.82, 2.24) is 20.0 Å². The van der Waals surface area contributed by atoms with Crippen LogP contribution in [0.25, 0.3) is 10.9 Å². The number of nitrogens with one attached hydrogen (secondary N) is 1. The molecule has 4 rings (SSSR count). The average Bonchev–Trinajstić information content (AvgIpc) is 3.22. The Bertz CT molecular complexity index is 885. The number of morpholine rings is 1. The summed E-state index contributed by atoms with van der Waals surface area (Å²) in [4.78, 5) is 22.2. The maximum Gasteiger partial charge on any atom is 0.257 e. The molecule has 0 radical (unpaired) electrons. The highest BCUT2D eigenvalue weighted by molar-refractivity contribution is 6.05. The zero-order valence-electron chi connectivity index (χ0n) is 13.5. The van der Waals surface area contributed by atoms with Crippen molar-refractivity contribution in [2.45, 2.75) is 26.1 Å². The molecule has 24 heavy (non-hydrogen) atoms. The lowest BCUT2D eigenvalue weighted by molar-refractivity contribution is -0.0809. The second kappa shape index (κ2) is 5.76. The number of aromatic nitrogens is 3. The minimum atomic E-state index is -0.401. The number of carbonyl (C=O) groups excluding carboxylic acids is 1. The van der Waals surface area contributed by atoms with E-state index < -0.39 is 6.10 Å². The van der Waals surface area contributed by atoms with Crippen LogP contribution in [0.5, 0.6) is 0 Å². The van der Waals surface area contributed by atoms with E-state index in [0.717, 1.165) is 10.9 Å². The molecule has 7 heteroatoms. The predicted octanol–water partition coefficient (Wildman–Crippen LogP) is 2.46. The number of rotatable bonds is 2. The smallest absolute Gasteiger partial charge is 0.257 e. The van der Waals surface area contributed by atoms with Gasteiger partial charge in [0.15, 0.2) is 11.9 Å². The van der Waals surface area contributed by atoms with Gasteiger partial charge in [-0.3, -0.25) is 4.79 Å². The van der Waals surface area contributed by atoms with Gasteiger partial charge in [-0.05, 0) is 26.0 Å². The molecule has 124 valence electrons. The highest BCUT2D eigenvalue weighted by Crippen LogP contribution is 2.26. The molecule has 1 saturated heterocycles. The number of fused-ring (bicyclic) bond motifs is 1. The van der Waals surface area contributed by atoms with E-state index >= 15 is 0 Å². The molecule has 1 aliphatic rings. The van der Waals surface area contributed by atoms with E-state index in [1.165, 1.54) is 0 Å². The third-order valence-electron chi connectivity index (χ3n) is 4.18. The number of H-pyrrole nitrogens is 1. The molecule has 0 bridgehead atoms. The number of nitrogens with zero attached hydrogens (tertiary/aromatic N) is 3. The summed E-state index contributed by atoms with van der Waals surface area (Å²) in [6.45, 7) is 4.61. The summed E-state index contributed by atoms with van der Waals surface area (Å²) in [5.41, 5.74) is 1.51. The first-order valence-electron chi connectivity index (χ1n) is 7.93. The monoisotopic (exact) mass is 326 g/mol. The van der Waals surface area contributed by atoms with Crippen LogP contribution in [0.2, 0.25) is 0 Å². The lowest BCUT2D eigenvalue weighted by atomic mass is 10.1. The van der Waals surface area contributed by atoms with Gasteiger partial charge in [0.2, 0.25) is 0 Å². The molecule has 2 atom stereocenters. The van der Waals surface area contributed by atoms with E-state index in [9.17, 15) is 4.79 Å². The average molecular weight is 326 g/mol. The Morgan fingerprint density at radius 1 is 1.33 bits per heavy atom. The Morgan fingerprint density at radius 2 is 2.21 bits per heavy atom.